The van der Waals surface area contributed by atoms with Crippen molar-refractivity contribution >= 4 is 17.0 Å². The molecule has 0 bridgehead atoms. The van der Waals surface area contributed by atoms with Crippen molar-refractivity contribution in [1.29, 1.82) is 0 Å². The number of hydrogen-bond acceptors (Lipinski definition) is 4. The van der Waals surface area contributed by atoms with Gasteiger partial charge in [0.1, 0.15) is 0 Å². The third-order valence-corrected chi connectivity index (χ3v) is 1.87. The lowest BCUT2D eigenvalue weighted by Gasteiger charge is -2.03. The van der Waals surface area contributed by atoms with Gasteiger partial charge in [0.2, 0.25) is 0 Å². The van der Waals surface area contributed by atoms with Gasteiger partial charge in [-0.3, -0.25) is 9.00 Å². The van der Waals surface area contributed by atoms with Gasteiger partial charge < -0.3 is 9.29 Å². The molecule has 0 aliphatic heterocycles. The van der Waals surface area contributed by atoms with Crippen LogP contribution < -0.4 is 0 Å². The van der Waals surface area contributed by atoms with E-state index in [4.69, 9.17) is 0 Å². The Hall–Kier alpha value is -0.420. The normalized spacial score (nSPS) is 12.5. The minimum atomic E-state index is -1.99. The molecule has 0 radical (unpaired) electrons. The van der Waals surface area contributed by atoms with Crippen LogP contribution in [0.5, 0.6) is 0 Å². The standard InChI is InChI=1S/C7H14O4S/c1-2-11-7(8)5-3-4-6-12(9)10/h2-6H2,1H3,(H,9,10)/p-1. The predicted molar refractivity (Wildman–Crippen MR) is 44.3 cm³/mol. The molecule has 0 saturated heterocycles. The highest BCUT2D eigenvalue weighted by Crippen LogP contribution is 1.98. The maximum atomic E-state index is 10.7. The number of unbranched alkanes of at least 4 members (excludes halogenated alkanes) is 1. The van der Waals surface area contributed by atoms with Gasteiger partial charge in [-0.05, 0) is 19.8 Å². The van der Waals surface area contributed by atoms with Crippen LogP contribution in [0.25, 0.3) is 0 Å². The molecule has 0 aromatic carbocycles. The first-order chi connectivity index (χ1) is 5.66. The van der Waals surface area contributed by atoms with E-state index in [1.807, 2.05) is 0 Å². The lowest BCUT2D eigenvalue weighted by molar-refractivity contribution is -0.143. The van der Waals surface area contributed by atoms with E-state index in [9.17, 15) is 13.6 Å². The van der Waals surface area contributed by atoms with Crippen LogP contribution in [0.1, 0.15) is 26.2 Å². The number of ether oxygens (including phenoxy) is 1. The van der Waals surface area contributed by atoms with Gasteiger partial charge in [-0.1, -0.05) is 11.1 Å². The molecule has 72 valence electrons. The smallest absolute Gasteiger partial charge is 0.305 e. The molecule has 0 amide bonds. The topological polar surface area (TPSA) is 66.4 Å². The SMILES string of the molecule is CCOC(=O)CCCCS(=O)[O-]. The molecule has 4 nitrogen and oxygen atoms in total. The zero-order valence-corrected chi connectivity index (χ0v) is 7.89. The molecule has 12 heavy (non-hydrogen) atoms. The van der Waals surface area contributed by atoms with Crippen LogP contribution >= 0.6 is 0 Å². The highest BCUT2D eigenvalue weighted by Gasteiger charge is 1.99. The van der Waals surface area contributed by atoms with E-state index in [1.165, 1.54) is 0 Å². The average Bonchev–Trinajstić information content (AvgIpc) is 1.98. The second-order valence-corrected chi connectivity index (χ2v) is 3.29. The number of rotatable bonds is 6. The molecule has 0 aliphatic rings. The summed E-state index contributed by atoms with van der Waals surface area (Å²) in [5.74, 6) is -0.131. The summed E-state index contributed by atoms with van der Waals surface area (Å²) in [5, 5.41) is 0. The molecule has 1 unspecified atom stereocenters. The van der Waals surface area contributed by atoms with E-state index >= 15 is 0 Å². The van der Waals surface area contributed by atoms with Crippen molar-refractivity contribution in [3.8, 4) is 0 Å². The number of carbonyl (C=O) groups is 1. The molecule has 0 aromatic rings. The molecule has 0 spiro atoms. The summed E-state index contributed by atoms with van der Waals surface area (Å²) in [5.41, 5.74) is 0. The fourth-order valence-corrected chi connectivity index (χ4v) is 1.16. The second kappa shape index (κ2) is 7.24. The zero-order valence-electron chi connectivity index (χ0n) is 7.08. The summed E-state index contributed by atoms with van der Waals surface area (Å²) >= 11 is -1.99. The van der Waals surface area contributed by atoms with Crippen molar-refractivity contribution in [3.63, 3.8) is 0 Å². The third kappa shape index (κ3) is 7.68. The number of hydrogen-bond donors (Lipinski definition) is 0. The summed E-state index contributed by atoms with van der Waals surface area (Å²) in [7, 11) is 0. The van der Waals surface area contributed by atoms with E-state index < -0.39 is 11.1 Å². The average molecular weight is 193 g/mol. The number of esters is 1. The van der Waals surface area contributed by atoms with Crippen molar-refractivity contribution in [3.05, 3.63) is 0 Å². The van der Waals surface area contributed by atoms with E-state index in [2.05, 4.69) is 4.74 Å². The Kier molecular flexibility index (Phi) is 6.99. The summed E-state index contributed by atoms with van der Waals surface area (Å²) in [6.45, 7) is 2.12. The van der Waals surface area contributed by atoms with Crippen LogP contribution in [-0.4, -0.2) is 27.1 Å². The molecule has 5 heteroatoms. The molecule has 0 heterocycles. The Morgan fingerprint density at radius 2 is 2.17 bits per heavy atom. The summed E-state index contributed by atoms with van der Waals surface area (Å²) < 4.78 is 24.8. The van der Waals surface area contributed by atoms with E-state index in [-0.39, 0.29) is 11.7 Å². The molecular formula is C7H13O4S-. The Bertz CT molecular complexity index is 157. The van der Waals surface area contributed by atoms with Gasteiger partial charge in [0.05, 0.1) is 6.61 Å². The first kappa shape index (κ1) is 11.6. The zero-order chi connectivity index (χ0) is 9.40. The molecule has 0 fully saturated rings. The van der Waals surface area contributed by atoms with Gasteiger partial charge in [-0.25, -0.2) is 0 Å². The van der Waals surface area contributed by atoms with E-state index in [1.54, 1.807) is 6.92 Å². The highest BCUT2D eigenvalue weighted by atomic mass is 32.2. The fourth-order valence-electron chi connectivity index (χ4n) is 0.722. The molecule has 0 aromatic heterocycles. The third-order valence-electron chi connectivity index (χ3n) is 1.25. The monoisotopic (exact) mass is 193 g/mol. The van der Waals surface area contributed by atoms with Crippen LogP contribution in [0.2, 0.25) is 0 Å². The largest absolute Gasteiger partial charge is 0.772 e. The summed E-state index contributed by atoms with van der Waals surface area (Å²) in [4.78, 5) is 10.7. The first-order valence-corrected chi connectivity index (χ1v) is 5.12. The van der Waals surface area contributed by atoms with Crippen molar-refractivity contribution in [1.82, 2.24) is 0 Å². The molecule has 0 N–H and O–H groups in total. The van der Waals surface area contributed by atoms with Gasteiger partial charge >= 0.3 is 5.97 Å². The van der Waals surface area contributed by atoms with Crippen LogP contribution in [0.15, 0.2) is 0 Å². The van der Waals surface area contributed by atoms with E-state index in [0.717, 1.165) is 0 Å². The van der Waals surface area contributed by atoms with Crippen molar-refractivity contribution in [2.24, 2.45) is 0 Å². The maximum Gasteiger partial charge on any atom is 0.305 e. The van der Waals surface area contributed by atoms with Gasteiger partial charge in [0.15, 0.2) is 0 Å². The Morgan fingerprint density at radius 3 is 2.67 bits per heavy atom. The van der Waals surface area contributed by atoms with Crippen LogP contribution in [0, 0.1) is 0 Å². The van der Waals surface area contributed by atoms with Gasteiger partial charge in [0.25, 0.3) is 0 Å². The molecular weight excluding hydrogens is 180 g/mol. The van der Waals surface area contributed by atoms with Gasteiger partial charge in [0, 0.05) is 12.2 Å². The Balaban J connectivity index is 3.19. The second-order valence-electron chi connectivity index (χ2n) is 2.27. The maximum absolute atomic E-state index is 10.7. The minimum Gasteiger partial charge on any atom is -0.772 e. The van der Waals surface area contributed by atoms with E-state index in [0.29, 0.717) is 25.9 Å². The summed E-state index contributed by atoms with van der Waals surface area (Å²) in [6.07, 6.45) is 1.41. The van der Waals surface area contributed by atoms with Crippen molar-refractivity contribution < 1.29 is 18.3 Å². The molecule has 1 atom stereocenters. The summed E-state index contributed by atoms with van der Waals surface area (Å²) in [6, 6.07) is 0. The molecule has 0 saturated carbocycles. The van der Waals surface area contributed by atoms with Crippen LogP contribution in [0.3, 0.4) is 0 Å². The molecule has 0 aliphatic carbocycles. The first-order valence-electron chi connectivity index (χ1n) is 3.88. The van der Waals surface area contributed by atoms with Gasteiger partial charge in [-0.15, -0.1) is 0 Å². The van der Waals surface area contributed by atoms with Crippen molar-refractivity contribution in [2.75, 3.05) is 12.4 Å². The Morgan fingerprint density at radius 1 is 1.50 bits per heavy atom. The highest BCUT2D eigenvalue weighted by molar-refractivity contribution is 7.79. The molecule has 0 rings (SSSR count). The lowest BCUT2D eigenvalue weighted by Crippen LogP contribution is -2.04. The quantitative estimate of drug-likeness (QED) is 0.352. The van der Waals surface area contributed by atoms with Crippen molar-refractivity contribution in [2.45, 2.75) is 26.2 Å². The Labute approximate surface area is 74.6 Å². The fraction of sp³-hybridized carbons (Fsp3) is 0.857. The minimum absolute atomic E-state index is 0.124. The lowest BCUT2D eigenvalue weighted by atomic mass is 10.2. The van der Waals surface area contributed by atoms with Crippen LogP contribution in [-0.2, 0) is 20.6 Å². The predicted octanol–water partition coefficient (Wildman–Crippen LogP) is 0.599. The van der Waals surface area contributed by atoms with Gasteiger partial charge in [-0.2, -0.15) is 0 Å². The number of carbonyl (C=O) groups excluding carboxylic acids is 1. The van der Waals surface area contributed by atoms with Crippen LogP contribution in [0.4, 0.5) is 0 Å².